The van der Waals surface area contributed by atoms with Gasteiger partial charge in [0.15, 0.2) is 5.78 Å². The number of hydrogen-bond donors (Lipinski definition) is 1. The molecule has 1 saturated carbocycles. The first-order valence-electron chi connectivity index (χ1n) is 10.4. The van der Waals surface area contributed by atoms with Crippen molar-refractivity contribution in [1.29, 1.82) is 0 Å². The van der Waals surface area contributed by atoms with E-state index < -0.39 is 12.0 Å². The molecule has 1 unspecified atom stereocenters. The summed E-state index contributed by atoms with van der Waals surface area (Å²) in [5.41, 5.74) is 2.32. The number of hydrogen-bond acceptors (Lipinski definition) is 5. The summed E-state index contributed by atoms with van der Waals surface area (Å²) in [4.78, 5) is 47.4. The van der Waals surface area contributed by atoms with Crippen LogP contribution in [0.4, 0.5) is 0 Å². The van der Waals surface area contributed by atoms with E-state index in [1.54, 1.807) is 16.2 Å². The van der Waals surface area contributed by atoms with Gasteiger partial charge in [0.2, 0.25) is 0 Å². The van der Waals surface area contributed by atoms with E-state index in [0.29, 0.717) is 32.5 Å². The smallest absolute Gasteiger partial charge is 0.329 e. The number of unbranched alkanes of at least 4 members (excludes halogenated alkanes) is 1. The molecule has 2 aromatic rings. The summed E-state index contributed by atoms with van der Waals surface area (Å²) in [6.45, 7) is 1.09. The SMILES string of the molecule is Cn1c(=O)n(C2CCC(=O)CC2=O)c2cccc(CCCOCCCCC(=O)O)c21. The lowest BCUT2D eigenvalue weighted by molar-refractivity contribution is -0.137. The second-order valence-corrected chi connectivity index (χ2v) is 7.80. The highest BCUT2D eigenvalue weighted by Crippen LogP contribution is 2.27. The molecule has 1 heterocycles. The maximum Gasteiger partial charge on any atom is 0.329 e. The number of Topliss-reactive ketones (excluding diaryl/α,β-unsaturated/α-hetero) is 2. The first-order chi connectivity index (χ1) is 14.4. The molecule has 1 aromatic heterocycles. The van der Waals surface area contributed by atoms with Crippen LogP contribution in [0.5, 0.6) is 0 Å². The lowest BCUT2D eigenvalue weighted by Gasteiger charge is -2.21. The number of ether oxygens (including phenoxy) is 1. The van der Waals surface area contributed by atoms with Gasteiger partial charge in [-0.15, -0.1) is 0 Å². The van der Waals surface area contributed by atoms with E-state index in [1.165, 1.54) is 0 Å². The van der Waals surface area contributed by atoms with Crippen LogP contribution in [0.1, 0.15) is 56.6 Å². The molecular formula is C22H28N2O6. The van der Waals surface area contributed by atoms with Crippen molar-refractivity contribution < 1.29 is 24.2 Å². The summed E-state index contributed by atoms with van der Waals surface area (Å²) >= 11 is 0. The first kappa shape index (κ1) is 22.0. The highest BCUT2D eigenvalue weighted by atomic mass is 16.5. The van der Waals surface area contributed by atoms with Crippen molar-refractivity contribution >= 4 is 28.6 Å². The number of ketones is 2. The number of aromatic nitrogens is 2. The molecule has 1 atom stereocenters. The number of fused-ring (bicyclic) bond motifs is 1. The van der Waals surface area contributed by atoms with Gasteiger partial charge in [0, 0.05) is 33.1 Å². The zero-order chi connectivity index (χ0) is 21.7. The van der Waals surface area contributed by atoms with E-state index in [0.717, 1.165) is 35.9 Å². The molecule has 1 aromatic carbocycles. The normalized spacial score (nSPS) is 17.0. The predicted octanol–water partition coefficient (Wildman–Crippen LogP) is 2.41. The average molecular weight is 416 g/mol. The Morgan fingerprint density at radius 1 is 1.17 bits per heavy atom. The van der Waals surface area contributed by atoms with Crippen molar-refractivity contribution in [1.82, 2.24) is 9.13 Å². The molecule has 1 aliphatic rings. The van der Waals surface area contributed by atoms with Gasteiger partial charge in [0.25, 0.3) is 0 Å². The number of carbonyl (C=O) groups is 3. The van der Waals surface area contributed by atoms with E-state index in [1.807, 2.05) is 18.2 Å². The van der Waals surface area contributed by atoms with Gasteiger partial charge in [-0.05, 0) is 43.7 Å². The van der Waals surface area contributed by atoms with Gasteiger partial charge in [-0.25, -0.2) is 4.79 Å². The zero-order valence-corrected chi connectivity index (χ0v) is 17.3. The summed E-state index contributed by atoms with van der Waals surface area (Å²) in [5, 5.41) is 8.62. The fourth-order valence-electron chi connectivity index (χ4n) is 4.10. The third-order valence-corrected chi connectivity index (χ3v) is 5.60. The lowest BCUT2D eigenvalue weighted by Crippen LogP contribution is -2.34. The molecular weight excluding hydrogens is 388 g/mol. The Morgan fingerprint density at radius 3 is 2.67 bits per heavy atom. The van der Waals surface area contributed by atoms with Gasteiger partial charge in [-0.3, -0.25) is 23.5 Å². The number of carboxylic acid groups (broad SMARTS) is 1. The second-order valence-electron chi connectivity index (χ2n) is 7.80. The minimum absolute atomic E-state index is 0.0619. The number of aryl methyl sites for hydroxylation is 2. The fraction of sp³-hybridized carbons (Fsp3) is 0.545. The number of benzene rings is 1. The lowest BCUT2D eigenvalue weighted by atomic mass is 9.92. The van der Waals surface area contributed by atoms with Crippen LogP contribution in [0.15, 0.2) is 23.0 Å². The molecule has 162 valence electrons. The van der Waals surface area contributed by atoms with Gasteiger partial charge >= 0.3 is 11.7 Å². The minimum Gasteiger partial charge on any atom is -0.481 e. The number of para-hydroxylation sites is 1. The number of rotatable bonds is 10. The zero-order valence-electron chi connectivity index (χ0n) is 17.3. The van der Waals surface area contributed by atoms with Crippen molar-refractivity contribution in [3.05, 3.63) is 34.2 Å². The predicted molar refractivity (Wildman–Crippen MR) is 111 cm³/mol. The van der Waals surface area contributed by atoms with Gasteiger partial charge in [-0.1, -0.05) is 12.1 Å². The Bertz CT molecular complexity index is 1000. The molecule has 0 saturated heterocycles. The van der Waals surface area contributed by atoms with E-state index >= 15 is 0 Å². The van der Waals surface area contributed by atoms with Crippen LogP contribution in [0.3, 0.4) is 0 Å². The fourth-order valence-corrected chi connectivity index (χ4v) is 4.10. The number of carboxylic acids is 1. The monoisotopic (exact) mass is 416 g/mol. The molecule has 0 radical (unpaired) electrons. The molecule has 8 nitrogen and oxygen atoms in total. The van der Waals surface area contributed by atoms with Crippen molar-refractivity contribution in [2.75, 3.05) is 13.2 Å². The van der Waals surface area contributed by atoms with Crippen LogP contribution >= 0.6 is 0 Å². The molecule has 3 rings (SSSR count). The van der Waals surface area contributed by atoms with E-state index in [4.69, 9.17) is 9.84 Å². The summed E-state index contributed by atoms with van der Waals surface area (Å²) in [6, 6.07) is 5.13. The molecule has 1 fully saturated rings. The summed E-state index contributed by atoms with van der Waals surface area (Å²) in [7, 11) is 1.71. The van der Waals surface area contributed by atoms with Gasteiger partial charge in [0.1, 0.15) is 5.78 Å². The molecule has 1 aliphatic carbocycles. The van der Waals surface area contributed by atoms with Crippen molar-refractivity contribution in [3.63, 3.8) is 0 Å². The van der Waals surface area contributed by atoms with Crippen molar-refractivity contribution in [3.8, 4) is 0 Å². The highest BCUT2D eigenvalue weighted by Gasteiger charge is 2.31. The Morgan fingerprint density at radius 2 is 1.93 bits per heavy atom. The Hall–Kier alpha value is -2.74. The largest absolute Gasteiger partial charge is 0.481 e. The minimum atomic E-state index is -0.790. The van der Waals surface area contributed by atoms with Crippen LogP contribution in [0, 0.1) is 0 Å². The molecule has 0 aliphatic heterocycles. The molecule has 0 amide bonds. The highest BCUT2D eigenvalue weighted by molar-refractivity contribution is 6.03. The molecule has 1 N–H and O–H groups in total. The summed E-state index contributed by atoms with van der Waals surface area (Å²) in [5.74, 6) is -1.04. The maximum atomic E-state index is 12.9. The Balaban J connectivity index is 1.67. The maximum absolute atomic E-state index is 12.9. The quantitative estimate of drug-likeness (QED) is 0.471. The van der Waals surface area contributed by atoms with Crippen LogP contribution in [0.25, 0.3) is 11.0 Å². The van der Waals surface area contributed by atoms with Crippen LogP contribution in [0.2, 0.25) is 0 Å². The van der Waals surface area contributed by atoms with Crippen LogP contribution in [-0.4, -0.2) is 45.0 Å². The van der Waals surface area contributed by atoms with Crippen LogP contribution < -0.4 is 5.69 Å². The van der Waals surface area contributed by atoms with E-state index in [-0.39, 0.29) is 30.1 Å². The van der Waals surface area contributed by atoms with E-state index in [2.05, 4.69) is 0 Å². The Kier molecular flexibility index (Phi) is 7.20. The average Bonchev–Trinajstić information content (AvgIpc) is 2.95. The number of imidazole rings is 1. The van der Waals surface area contributed by atoms with Crippen LogP contribution in [-0.2, 0) is 32.6 Å². The van der Waals surface area contributed by atoms with Gasteiger partial charge in [0.05, 0.1) is 23.5 Å². The third-order valence-electron chi connectivity index (χ3n) is 5.60. The number of nitrogens with zero attached hydrogens (tertiary/aromatic N) is 2. The number of aliphatic carboxylic acids is 1. The molecule has 0 bridgehead atoms. The Labute approximate surface area is 174 Å². The van der Waals surface area contributed by atoms with Gasteiger partial charge < -0.3 is 9.84 Å². The van der Waals surface area contributed by atoms with Gasteiger partial charge in [-0.2, -0.15) is 0 Å². The van der Waals surface area contributed by atoms with Crippen molar-refractivity contribution in [2.24, 2.45) is 7.05 Å². The summed E-state index contributed by atoms with van der Waals surface area (Å²) < 4.78 is 8.72. The molecule has 8 heteroatoms. The van der Waals surface area contributed by atoms with Crippen molar-refractivity contribution in [2.45, 2.75) is 57.4 Å². The molecule has 0 spiro atoms. The van der Waals surface area contributed by atoms with E-state index in [9.17, 15) is 19.2 Å². The number of carbonyl (C=O) groups excluding carboxylic acids is 2. The topological polar surface area (TPSA) is 108 Å². The standard InChI is InChI=1S/C22H28N2O6/c1-23-21-15(7-5-13-30-12-3-2-9-20(27)28)6-4-8-18(21)24(22(23)29)17-11-10-16(25)14-19(17)26/h4,6,8,17H,2-3,5,7,9-14H2,1H3,(H,27,28). The summed E-state index contributed by atoms with van der Waals surface area (Å²) in [6.07, 6.45) is 3.58. The second kappa shape index (κ2) is 9.84. The first-order valence-corrected chi connectivity index (χ1v) is 10.4. The third kappa shape index (κ3) is 4.87. The molecule has 30 heavy (non-hydrogen) atoms.